The molecule has 4 N–H and O–H groups in total. The maximum absolute atomic E-state index is 12.3. The first kappa shape index (κ1) is 21.2. The third kappa shape index (κ3) is 4.10. The second-order valence-corrected chi connectivity index (χ2v) is 9.67. The second-order valence-electron chi connectivity index (χ2n) is 7.22. The molecule has 13 heteroatoms. The van der Waals surface area contributed by atoms with E-state index in [0.717, 1.165) is 0 Å². The largest absolute Gasteiger partial charge is 0.403 e. The summed E-state index contributed by atoms with van der Waals surface area (Å²) in [4.78, 5) is 12.4. The number of aromatic nitrogens is 2. The van der Waals surface area contributed by atoms with E-state index >= 15 is 0 Å². The Morgan fingerprint density at radius 2 is 2.20 bits per heavy atom. The predicted octanol–water partition coefficient (Wildman–Crippen LogP) is 0.0248. The Labute approximate surface area is 179 Å². The van der Waals surface area contributed by atoms with Crippen LogP contribution in [0.5, 0.6) is 0 Å². The Balaban J connectivity index is 1.46. The highest BCUT2D eigenvalue weighted by atomic mass is 35.5. The number of halogens is 1. The van der Waals surface area contributed by atoms with E-state index in [2.05, 4.69) is 25.6 Å². The SMILES string of the molecule is CN=CC(=CN)Nc1ncc(Cl)c(NC2COC3C2OCC3N2CCCS2(=O)=O)n1. The molecule has 0 bridgehead atoms. The molecule has 4 atom stereocenters. The summed E-state index contributed by atoms with van der Waals surface area (Å²) < 4.78 is 37.9. The number of hydrogen-bond donors (Lipinski definition) is 3. The summed E-state index contributed by atoms with van der Waals surface area (Å²) in [7, 11) is -1.62. The first-order valence-corrected chi connectivity index (χ1v) is 11.5. The first-order valence-electron chi connectivity index (χ1n) is 9.56. The summed E-state index contributed by atoms with van der Waals surface area (Å²) in [5.74, 6) is 0.882. The molecule has 0 saturated carbocycles. The van der Waals surface area contributed by atoms with E-state index in [0.29, 0.717) is 48.7 Å². The van der Waals surface area contributed by atoms with Gasteiger partial charge in [0.25, 0.3) is 0 Å². The van der Waals surface area contributed by atoms with Gasteiger partial charge in [-0.3, -0.25) is 4.99 Å². The average molecular weight is 458 g/mol. The zero-order valence-electron chi connectivity index (χ0n) is 16.4. The zero-order valence-corrected chi connectivity index (χ0v) is 17.9. The van der Waals surface area contributed by atoms with E-state index in [-0.39, 0.29) is 30.0 Å². The van der Waals surface area contributed by atoms with Crippen molar-refractivity contribution < 1.29 is 17.9 Å². The lowest BCUT2D eigenvalue weighted by Crippen LogP contribution is -2.45. The monoisotopic (exact) mass is 457 g/mol. The van der Waals surface area contributed by atoms with Crippen LogP contribution in [-0.4, -0.2) is 85.8 Å². The Morgan fingerprint density at radius 3 is 2.90 bits per heavy atom. The molecule has 0 spiro atoms. The molecule has 1 aromatic rings. The number of aliphatic imine (C=N–C) groups is 1. The van der Waals surface area contributed by atoms with Crippen LogP contribution in [-0.2, 0) is 19.5 Å². The number of anilines is 2. The van der Waals surface area contributed by atoms with Crippen molar-refractivity contribution in [1.29, 1.82) is 0 Å². The summed E-state index contributed by atoms with van der Waals surface area (Å²) in [5.41, 5.74) is 6.09. The van der Waals surface area contributed by atoms with Gasteiger partial charge in [0.1, 0.15) is 17.2 Å². The minimum absolute atomic E-state index is 0.177. The van der Waals surface area contributed by atoms with E-state index in [1.165, 1.54) is 16.7 Å². The van der Waals surface area contributed by atoms with Crippen molar-refractivity contribution in [3.05, 3.63) is 23.1 Å². The molecule has 3 fully saturated rings. The van der Waals surface area contributed by atoms with Gasteiger partial charge < -0.3 is 25.8 Å². The third-order valence-corrected chi connectivity index (χ3v) is 7.55. The van der Waals surface area contributed by atoms with E-state index in [1.807, 2.05) is 0 Å². The standard InChI is InChI=1S/C17H24ClN7O4S/c1-20-6-10(5-19)22-17-21-7-11(18)16(24-17)23-12-8-28-15-13(9-29-14(12)15)25-3-2-4-30(25,26)27/h5-7,12-15H,2-4,8-9,19H2,1H3,(H2,21,22,23,24). The van der Waals surface area contributed by atoms with E-state index in [1.54, 1.807) is 13.3 Å². The molecule has 3 aliphatic heterocycles. The van der Waals surface area contributed by atoms with Crippen LogP contribution in [0.25, 0.3) is 0 Å². The molecule has 3 saturated heterocycles. The van der Waals surface area contributed by atoms with Crippen LogP contribution in [0, 0.1) is 0 Å². The van der Waals surface area contributed by atoms with Gasteiger partial charge in [-0.2, -0.15) is 9.29 Å². The quantitative estimate of drug-likeness (QED) is 0.503. The Bertz CT molecular complexity index is 957. The Kier molecular flexibility index (Phi) is 6.11. The molecule has 164 valence electrons. The highest BCUT2D eigenvalue weighted by Crippen LogP contribution is 2.35. The normalized spacial score (nSPS) is 31.3. The number of hydrogen-bond acceptors (Lipinski definition) is 10. The number of nitrogens with one attached hydrogen (secondary N) is 2. The molecule has 0 amide bonds. The molecule has 0 radical (unpaired) electrons. The second kappa shape index (κ2) is 8.63. The van der Waals surface area contributed by atoms with Crippen molar-refractivity contribution >= 4 is 39.6 Å². The molecule has 3 aliphatic rings. The number of ether oxygens (including phenoxy) is 2. The van der Waals surface area contributed by atoms with Gasteiger partial charge in [0, 0.05) is 26.0 Å². The van der Waals surface area contributed by atoms with Crippen LogP contribution in [0.2, 0.25) is 5.02 Å². The van der Waals surface area contributed by atoms with Gasteiger partial charge in [-0.05, 0) is 6.42 Å². The van der Waals surface area contributed by atoms with Gasteiger partial charge in [0.2, 0.25) is 16.0 Å². The van der Waals surface area contributed by atoms with Gasteiger partial charge >= 0.3 is 0 Å². The molecular weight excluding hydrogens is 434 g/mol. The zero-order chi connectivity index (χ0) is 21.3. The van der Waals surface area contributed by atoms with E-state index in [4.69, 9.17) is 26.8 Å². The number of rotatable bonds is 6. The highest BCUT2D eigenvalue weighted by Gasteiger charge is 2.52. The molecule has 4 rings (SSSR count). The molecular formula is C17H24ClN7O4S. The summed E-state index contributed by atoms with van der Waals surface area (Å²) in [6, 6.07) is -0.537. The fourth-order valence-corrected chi connectivity index (χ4v) is 5.85. The smallest absolute Gasteiger partial charge is 0.229 e. The average Bonchev–Trinajstić information content (AvgIpc) is 3.39. The van der Waals surface area contributed by atoms with Crippen LogP contribution >= 0.6 is 11.6 Å². The fraction of sp³-hybridized carbons (Fsp3) is 0.588. The summed E-state index contributed by atoms with van der Waals surface area (Å²) in [6.07, 6.45) is 4.36. The van der Waals surface area contributed by atoms with Gasteiger partial charge in [0.05, 0.1) is 42.9 Å². The van der Waals surface area contributed by atoms with Crippen molar-refractivity contribution in [2.24, 2.45) is 10.7 Å². The van der Waals surface area contributed by atoms with Crippen LogP contribution < -0.4 is 16.4 Å². The lowest BCUT2D eigenvalue weighted by Gasteiger charge is -2.25. The highest BCUT2D eigenvalue weighted by molar-refractivity contribution is 7.89. The van der Waals surface area contributed by atoms with E-state index < -0.39 is 10.0 Å². The molecule has 1 aromatic heterocycles. The summed E-state index contributed by atoms with van der Waals surface area (Å²) >= 11 is 6.27. The van der Waals surface area contributed by atoms with Crippen molar-refractivity contribution in [3.63, 3.8) is 0 Å². The lowest BCUT2D eigenvalue weighted by molar-refractivity contribution is 0.0600. The number of sulfonamides is 1. The number of nitrogens with zero attached hydrogens (tertiary/aromatic N) is 4. The minimum atomic E-state index is -3.24. The molecule has 0 aliphatic carbocycles. The van der Waals surface area contributed by atoms with Crippen molar-refractivity contribution in [1.82, 2.24) is 14.3 Å². The summed E-state index contributed by atoms with van der Waals surface area (Å²) in [5, 5.41) is 6.54. The molecule has 11 nitrogen and oxygen atoms in total. The van der Waals surface area contributed by atoms with Gasteiger partial charge in [-0.1, -0.05) is 11.6 Å². The fourth-order valence-electron chi connectivity index (χ4n) is 3.97. The topological polar surface area (TPSA) is 144 Å². The number of allylic oxidation sites excluding steroid dienone is 1. The molecule has 30 heavy (non-hydrogen) atoms. The van der Waals surface area contributed by atoms with Crippen molar-refractivity contribution in [3.8, 4) is 0 Å². The van der Waals surface area contributed by atoms with Gasteiger partial charge in [-0.25, -0.2) is 13.4 Å². The van der Waals surface area contributed by atoms with Crippen LogP contribution in [0.4, 0.5) is 11.8 Å². The number of fused-ring (bicyclic) bond motifs is 1. The van der Waals surface area contributed by atoms with Crippen LogP contribution in [0.3, 0.4) is 0 Å². The molecule has 4 unspecified atom stereocenters. The van der Waals surface area contributed by atoms with E-state index in [9.17, 15) is 8.42 Å². The molecule has 4 heterocycles. The van der Waals surface area contributed by atoms with Gasteiger partial charge in [0.15, 0.2) is 5.82 Å². The van der Waals surface area contributed by atoms with Gasteiger partial charge in [-0.15, -0.1) is 0 Å². The van der Waals surface area contributed by atoms with Crippen molar-refractivity contribution in [2.75, 3.05) is 43.2 Å². The maximum atomic E-state index is 12.3. The minimum Gasteiger partial charge on any atom is -0.403 e. The predicted molar refractivity (Wildman–Crippen MR) is 113 cm³/mol. The lowest BCUT2D eigenvalue weighted by atomic mass is 10.1. The van der Waals surface area contributed by atoms with Crippen molar-refractivity contribution in [2.45, 2.75) is 30.7 Å². The Hall–Kier alpha value is -1.99. The third-order valence-electron chi connectivity index (χ3n) is 5.31. The number of nitrogens with two attached hydrogens (primary N) is 1. The van der Waals surface area contributed by atoms with Crippen LogP contribution in [0.15, 0.2) is 23.1 Å². The molecule has 0 aromatic carbocycles. The summed E-state index contributed by atoms with van der Waals surface area (Å²) in [6.45, 7) is 1.16. The Morgan fingerprint density at radius 1 is 1.40 bits per heavy atom. The maximum Gasteiger partial charge on any atom is 0.229 e. The van der Waals surface area contributed by atoms with Crippen LogP contribution in [0.1, 0.15) is 6.42 Å². The first-order chi connectivity index (χ1) is 14.4.